The van der Waals surface area contributed by atoms with Gasteiger partial charge in [-0.15, -0.1) is 0 Å². The Kier molecular flexibility index (Phi) is 5.18. The average molecular weight is 450 g/mol. The van der Waals surface area contributed by atoms with Gasteiger partial charge < -0.3 is 36.0 Å². The molecule has 0 spiro atoms. The summed E-state index contributed by atoms with van der Waals surface area (Å²) in [4.78, 5) is 11.8. The Morgan fingerprint density at radius 3 is 2.13 bits per heavy atom. The Hall–Kier alpha value is -2.04. The van der Waals surface area contributed by atoms with E-state index in [1.807, 2.05) is 0 Å². The van der Waals surface area contributed by atoms with E-state index < -0.39 is 47.5 Å². The number of aliphatic hydroxyl groups is 6. The molecule has 3 unspecified atom stereocenters. The van der Waals surface area contributed by atoms with Crippen molar-refractivity contribution in [1.29, 1.82) is 0 Å². The van der Waals surface area contributed by atoms with Crippen molar-refractivity contribution >= 4 is 17.5 Å². The molecule has 7 atom stereocenters. The van der Waals surface area contributed by atoms with E-state index in [1.165, 1.54) is 55.6 Å². The third-order valence-electron chi connectivity index (χ3n) is 6.96. The smallest absolute Gasteiger partial charge is 0.251 e. The second-order valence-corrected chi connectivity index (χ2v) is 8.66. The first-order valence-corrected chi connectivity index (χ1v) is 10.2. The van der Waals surface area contributed by atoms with Crippen LogP contribution in [0.25, 0.3) is 0 Å². The highest BCUT2D eigenvalue weighted by Gasteiger charge is 2.93. The summed E-state index contributed by atoms with van der Waals surface area (Å²) in [6.07, 6.45) is -3.30. The minimum absolute atomic E-state index is 0.324. The summed E-state index contributed by atoms with van der Waals surface area (Å²) in [5.74, 6) is -2.79. The molecule has 0 aliphatic heterocycles. The monoisotopic (exact) mass is 449 g/mol. The van der Waals surface area contributed by atoms with Crippen molar-refractivity contribution in [2.24, 2.45) is 0 Å². The lowest BCUT2D eigenvalue weighted by molar-refractivity contribution is -0.459. The molecule has 31 heavy (non-hydrogen) atoms. The van der Waals surface area contributed by atoms with Crippen LogP contribution in [-0.4, -0.2) is 79.2 Å². The van der Waals surface area contributed by atoms with Crippen LogP contribution >= 0.6 is 11.6 Å². The maximum absolute atomic E-state index is 11.8. The summed E-state index contributed by atoms with van der Waals surface area (Å²) >= 11 is 5.92. The summed E-state index contributed by atoms with van der Waals surface area (Å²) in [6.45, 7) is -0.878. The Morgan fingerprint density at radius 2 is 1.61 bits per heavy atom. The minimum atomic E-state index is -2.37. The van der Waals surface area contributed by atoms with Gasteiger partial charge in [0, 0.05) is 23.6 Å². The minimum Gasteiger partial charge on any atom is -0.394 e. The molecule has 4 rings (SSSR count). The number of hydrogen-bond acceptors (Lipinski definition) is 7. The van der Waals surface area contributed by atoms with Crippen molar-refractivity contribution in [1.82, 2.24) is 5.32 Å². The van der Waals surface area contributed by atoms with Gasteiger partial charge in [0.15, 0.2) is 0 Å². The number of aliphatic hydroxyl groups excluding tert-OH is 3. The highest BCUT2D eigenvalue weighted by Crippen LogP contribution is 2.75. The second kappa shape index (κ2) is 7.25. The van der Waals surface area contributed by atoms with E-state index in [0.717, 1.165) is 0 Å². The standard InChI is InChI=1S/C22H24ClNO7/c1-24-19(28)13-4-2-11(3-5-13)16-18(27)21(30)17(12-6-8-14(23)9-7-12)20(29,15(26)10-25)22(16,21)31/h2-9,15-18,25-27,29-31H,10H2,1H3,(H,24,28)/t15-,16?,17?,18?,20+,21+,22+/m1/s1. The summed E-state index contributed by atoms with van der Waals surface area (Å²) in [7, 11) is 1.48. The fraction of sp³-hybridized carbons (Fsp3) is 0.409. The van der Waals surface area contributed by atoms with Gasteiger partial charge in [0.2, 0.25) is 0 Å². The van der Waals surface area contributed by atoms with E-state index in [1.54, 1.807) is 0 Å². The molecule has 2 saturated carbocycles. The Morgan fingerprint density at radius 1 is 1.06 bits per heavy atom. The first kappa shape index (κ1) is 22.2. The van der Waals surface area contributed by atoms with Gasteiger partial charge in [0.1, 0.15) is 22.9 Å². The lowest BCUT2D eigenvalue weighted by atomic mass is 9.30. The van der Waals surface area contributed by atoms with Gasteiger partial charge in [-0.05, 0) is 35.4 Å². The number of carbonyl (C=O) groups is 1. The van der Waals surface area contributed by atoms with Crippen molar-refractivity contribution in [3.05, 3.63) is 70.2 Å². The Labute approximate surface area is 183 Å². The van der Waals surface area contributed by atoms with Gasteiger partial charge in [-0.25, -0.2) is 0 Å². The van der Waals surface area contributed by atoms with Crippen LogP contribution in [0.1, 0.15) is 33.3 Å². The molecule has 0 heterocycles. The predicted molar refractivity (Wildman–Crippen MR) is 111 cm³/mol. The first-order valence-electron chi connectivity index (χ1n) is 9.80. The fourth-order valence-electron chi connectivity index (χ4n) is 5.46. The lowest BCUT2D eigenvalue weighted by Gasteiger charge is -2.80. The van der Waals surface area contributed by atoms with Gasteiger partial charge >= 0.3 is 0 Å². The maximum atomic E-state index is 11.8. The normalized spacial score (nSPS) is 37.2. The molecule has 166 valence electrons. The van der Waals surface area contributed by atoms with Crippen LogP contribution in [0.5, 0.6) is 0 Å². The molecule has 7 N–H and O–H groups in total. The van der Waals surface area contributed by atoms with E-state index in [0.29, 0.717) is 21.7 Å². The molecule has 1 amide bonds. The fourth-order valence-corrected chi connectivity index (χ4v) is 5.58. The average Bonchev–Trinajstić information content (AvgIpc) is 2.79. The highest BCUT2D eigenvalue weighted by molar-refractivity contribution is 6.30. The molecule has 2 aliphatic carbocycles. The molecule has 0 bridgehead atoms. The Bertz CT molecular complexity index is 1000. The van der Waals surface area contributed by atoms with Crippen LogP contribution in [-0.2, 0) is 0 Å². The molecule has 2 aromatic rings. The van der Waals surface area contributed by atoms with E-state index in [4.69, 9.17) is 11.6 Å². The first-order chi connectivity index (χ1) is 14.6. The van der Waals surface area contributed by atoms with E-state index >= 15 is 0 Å². The third kappa shape index (κ3) is 2.55. The van der Waals surface area contributed by atoms with Crippen LogP contribution in [0.3, 0.4) is 0 Å². The number of halogens is 1. The molecule has 9 heteroatoms. The van der Waals surface area contributed by atoms with Crippen molar-refractivity contribution in [3.63, 3.8) is 0 Å². The maximum Gasteiger partial charge on any atom is 0.251 e. The van der Waals surface area contributed by atoms with Crippen molar-refractivity contribution in [3.8, 4) is 0 Å². The van der Waals surface area contributed by atoms with Crippen molar-refractivity contribution in [2.75, 3.05) is 13.7 Å². The quantitative estimate of drug-likeness (QED) is 0.325. The number of nitrogens with one attached hydrogen (secondary N) is 1. The van der Waals surface area contributed by atoms with Gasteiger partial charge in [-0.1, -0.05) is 35.9 Å². The van der Waals surface area contributed by atoms with Gasteiger partial charge in [0.25, 0.3) is 5.91 Å². The summed E-state index contributed by atoms with van der Waals surface area (Å²) in [5.41, 5.74) is -5.88. The topological polar surface area (TPSA) is 150 Å². The molecule has 2 aliphatic rings. The number of rotatable bonds is 5. The zero-order valence-corrected chi connectivity index (χ0v) is 17.4. The lowest BCUT2D eigenvalue weighted by Crippen LogP contribution is -2.99. The Balaban J connectivity index is 1.79. The molecule has 0 aromatic heterocycles. The second-order valence-electron chi connectivity index (χ2n) is 8.22. The largest absolute Gasteiger partial charge is 0.394 e. The molecule has 2 aromatic carbocycles. The summed E-state index contributed by atoms with van der Waals surface area (Å²) in [6, 6.07) is 12.0. The SMILES string of the molecule is CNC(=O)c1ccc(C2C(O)[C@@]3(O)C(c4ccc(Cl)cc4)[C@@](O)([C@H](O)CO)[C@@]23O)cc1. The molecule has 0 saturated heterocycles. The number of hydrogen-bond donors (Lipinski definition) is 7. The van der Waals surface area contributed by atoms with Crippen molar-refractivity contribution < 1.29 is 35.4 Å². The van der Waals surface area contributed by atoms with Crippen LogP contribution in [0.2, 0.25) is 5.02 Å². The number of amides is 1. The number of fused-ring (bicyclic) bond motifs is 1. The molecule has 8 nitrogen and oxygen atoms in total. The molecular formula is C22H24ClNO7. The van der Waals surface area contributed by atoms with Crippen molar-refractivity contribution in [2.45, 2.75) is 40.8 Å². The van der Waals surface area contributed by atoms with E-state index in [2.05, 4.69) is 5.32 Å². The van der Waals surface area contributed by atoms with Gasteiger partial charge in [-0.2, -0.15) is 0 Å². The van der Waals surface area contributed by atoms with Gasteiger partial charge in [0.05, 0.1) is 18.6 Å². The third-order valence-corrected chi connectivity index (χ3v) is 7.21. The van der Waals surface area contributed by atoms with E-state index in [-0.39, 0.29) is 5.91 Å². The molecular weight excluding hydrogens is 426 g/mol. The predicted octanol–water partition coefficient (Wildman–Crippen LogP) is -0.498. The number of carbonyl (C=O) groups excluding carboxylic acids is 1. The summed E-state index contributed by atoms with van der Waals surface area (Å²) < 4.78 is 0. The van der Waals surface area contributed by atoms with Crippen LogP contribution < -0.4 is 5.32 Å². The van der Waals surface area contributed by atoms with Crippen LogP contribution in [0, 0.1) is 0 Å². The van der Waals surface area contributed by atoms with Gasteiger partial charge in [-0.3, -0.25) is 4.79 Å². The summed E-state index contributed by atoms with van der Waals surface area (Å²) in [5, 5.41) is 68.2. The van der Waals surface area contributed by atoms with Crippen LogP contribution in [0.15, 0.2) is 48.5 Å². The molecule has 2 fully saturated rings. The number of benzene rings is 2. The highest BCUT2D eigenvalue weighted by atomic mass is 35.5. The zero-order chi connectivity index (χ0) is 22.8. The van der Waals surface area contributed by atoms with E-state index in [9.17, 15) is 35.4 Å². The zero-order valence-electron chi connectivity index (χ0n) is 16.6. The van der Waals surface area contributed by atoms with Crippen LogP contribution in [0.4, 0.5) is 0 Å². The molecule has 0 radical (unpaired) electrons.